The second-order valence-corrected chi connectivity index (χ2v) is 5.84. The van der Waals surface area contributed by atoms with E-state index in [4.69, 9.17) is 4.74 Å². The average Bonchev–Trinajstić information content (AvgIpc) is 3.00. The third kappa shape index (κ3) is 5.43. The number of nitrogens with zero attached hydrogens (tertiary/aromatic N) is 1. The number of hydrogen-bond donors (Lipinski definition) is 2. The zero-order valence-corrected chi connectivity index (χ0v) is 13.8. The van der Waals surface area contributed by atoms with Crippen LogP contribution in [0, 0.1) is 0 Å². The molecule has 0 fully saturated rings. The fraction of sp³-hybridized carbons (Fsp3) is 0.500. The van der Waals surface area contributed by atoms with Crippen molar-refractivity contribution >= 4 is 5.96 Å². The van der Waals surface area contributed by atoms with Gasteiger partial charge in [-0.1, -0.05) is 24.3 Å². The number of benzene rings is 1. The average molecular weight is 301 g/mol. The van der Waals surface area contributed by atoms with Gasteiger partial charge in [0.1, 0.15) is 5.75 Å². The van der Waals surface area contributed by atoms with Gasteiger partial charge in [-0.05, 0) is 50.8 Å². The third-order valence-corrected chi connectivity index (χ3v) is 3.57. The Morgan fingerprint density at radius 2 is 1.91 bits per heavy atom. The number of guanidine groups is 1. The number of hydrogen-bond acceptors (Lipinski definition) is 2. The van der Waals surface area contributed by atoms with Crippen LogP contribution in [0.15, 0.2) is 41.4 Å². The molecule has 0 unspecified atom stereocenters. The molecule has 4 heteroatoms. The highest BCUT2D eigenvalue weighted by Gasteiger charge is 2.11. The maximum absolute atomic E-state index is 5.65. The lowest BCUT2D eigenvalue weighted by atomic mass is 10.1. The van der Waals surface area contributed by atoms with Crippen molar-refractivity contribution in [1.82, 2.24) is 10.6 Å². The Morgan fingerprint density at radius 1 is 1.23 bits per heavy atom. The fourth-order valence-electron chi connectivity index (χ4n) is 2.46. The monoisotopic (exact) mass is 301 g/mol. The summed E-state index contributed by atoms with van der Waals surface area (Å²) < 4.78 is 5.65. The Hall–Kier alpha value is -1.97. The van der Waals surface area contributed by atoms with Gasteiger partial charge in [0.05, 0.1) is 6.10 Å². The van der Waals surface area contributed by atoms with Gasteiger partial charge >= 0.3 is 0 Å². The van der Waals surface area contributed by atoms with E-state index in [2.05, 4.69) is 39.9 Å². The second kappa shape index (κ2) is 8.47. The van der Waals surface area contributed by atoms with Crippen molar-refractivity contribution in [3.63, 3.8) is 0 Å². The standard InChI is InChI=1S/C18H27N3O/c1-14(2)22-17-10-8-15(9-11-17)12-13-20-18(19-3)21-16-6-4-5-7-16/h4-5,8-11,14,16H,6-7,12-13H2,1-3H3,(H2,19,20,21). The van der Waals surface area contributed by atoms with E-state index in [1.54, 1.807) is 0 Å². The zero-order valence-electron chi connectivity index (χ0n) is 13.8. The van der Waals surface area contributed by atoms with Gasteiger partial charge in [-0.25, -0.2) is 0 Å². The zero-order chi connectivity index (χ0) is 15.8. The molecule has 1 aliphatic carbocycles. The first-order chi connectivity index (χ1) is 10.7. The first-order valence-corrected chi connectivity index (χ1v) is 8.05. The Kier molecular flexibility index (Phi) is 6.31. The topological polar surface area (TPSA) is 45.7 Å². The van der Waals surface area contributed by atoms with Crippen molar-refractivity contribution in [2.75, 3.05) is 13.6 Å². The summed E-state index contributed by atoms with van der Waals surface area (Å²) in [5.74, 6) is 1.81. The van der Waals surface area contributed by atoms with E-state index in [1.165, 1.54) is 5.56 Å². The molecule has 1 aliphatic rings. The van der Waals surface area contributed by atoms with Gasteiger partial charge in [-0.15, -0.1) is 0 Å². The molecular weight excluding hydrogens is 274 g/mol. The second-order valence-electron chi connectivity index (χ2n) is 5.84. The molecule has 0 saturated carbocycles. The van der Waals surface area contributed by atoms with Gasteiger partial charge in [-0.3, -0.25) is 4.99 Å². The molecule has 1 aromatic rings. The van der Waals surface area contributed by atoms with Crippen molar-refractivity contribution in [1.29, 1.82) is 0 Å². The minimum atomic E-state index is 0.215. The van der Waals surface area contributed by atoms with Crippen LogP contribution >= 0.6 is 0 Å². The van der Waals surface area contributed by atoms with E-state index in [-0.39, 0.29) is 6.10 Å². The highest BCUT2D eigenvalue weighted by molar-refractivity contribution is 5.80. The van der Waals surface area contributed by atoms with Crippen LogP contribution in [0.2, 0.25) is 0 Å². The van der Waals surface area contributed by atoms with Crippen molar-refractivity contribution in [2.24, 2.45) is 4.99 Å². The Bertz CT molecular complexity index is 498. The summed E-state index contributed by atoms with van der Waals surface area (Å²) in [6.07, 6.45) is 7.77. The van der Waals surface area contributed by atoms with Crippen molar-refractivity contribution < 1.29 is 4.74 Å². The van der Waals surface area contributed by atoms with E-state index in [9.17, 15) is 0 Å². The molecule has 0 spiro atoms. The van der Waals surface area contributed by atoms with Crippen LogP contribution in [0.1, 0.15) is 32.3 Å². The number of rotatable bonds is 6. The maximum atomic E-state index is 5.65. The highest BCUT2D eigenvalue weighted by atomic mass is 16.5. The number of aliphatic imine (C=N–C) groups is 1. The van der Waals surface area contributed by atoms with E-state index in [0.717, 1.165) is 37.5 Å². The lowest BCUT2D eigenvalue weighted by Gasteiger charge is -2.17. The quantitative estimate of drug-likeness (QED) is 0.482. The maximum Gasteiger partial charge on any atom is 0.191 e. The minimum Gasteiger partial charge on any atom is -0.491 e. The van der Waals surface area contributed by atoms with E-state index < -0.39 is 0 Å². The molecular formula is C18H27N3O. The van der Waals surface area contributed by atoms with E-state index in [0.29, 0.717) is 6.04 Å². The molecule has 0 atom stereocenters. The number of nitrogens with one attached hydrogen (secondary N) is 2. The summed E-state index contributed by atoms with van der Waals surface area (Å²) in [5.41, 5.74) is 1.29. The Morgan fingerprint density at radius 3 is 2.50 bits per heavy atom. The van der Waals surface area contributed by atoms with Gasteiger partial charge in [0.15, 0.2) is 5.96 Å². The Balaban J connectivity index is 1.72. The van der Waals surface area contributed by atoms with Gasteiger partial charge in [-0.2, -0.15) is 0 Å². The molecule has 0 radical (unpaired) electrons. The fourth-order valence-corrected chi connectivity index (χ4v) is 2.46. The molecule has 0 saturated heterocycles. The largest absolute Gasteiger partial charge is 0.491 e. The predicted molar refractivity (Wildman–Crippen MR) is 92.6 cm³/mol. The van der Waals surface area contributed by atoms with Gasteiger partial charge in [0.2, 0.25) is 0 Å². The molecule has 0 bridgehead atoms. The minimum absolute atomic E-state index is 0.215. The van der Waals surface area contributed by atoms with Gasteiger partial charge in [0, 0.05) is 19.6 Å². The molecule has 22 heavy (non-hydrogen) atoms. The normalized spacial score (nSPS) is 15.4. The predicted octanol–water partition coefficient (Wildman–Crippen LogP) is 2.90. The number of ether oxygens (including phenoxy) is 1. The molecule has 2 rings (SSSR count). The van der Waals surface area contributed by atoms with Crippen LogP contribution in [0.25, 0.3) is 0 Å². The van der Waals surface area contributed by atoms with Crippen molar-refractivity contribution in [3.8, 4) is 5.75 Å². The van der Waals surface area contributed by atoms with Crippen LogP contribution in [-0.2, 0) is 6.42 Å². The van der Waals surface area contributed by atoms with Crippen LogP contribution < -0.4 is 15.4 Å². The summed E-state index contributed by atoms with van der Waals surface area (Å²) in [4.78, 5) is 4.28. The van der Waals surface area contributed by atoms with Crippen LogP contribution in [0.3, 0.4) is 0 Å². The van der Waals surface area contributed by atoms with Crippen LogP contribution in [0.4, 0.5) is 0 Å². The first-order valence-electron chi connectivity index (χ1n) is 8.05. The molecule has 120 valence electrons. The van der Waals surface area contributed by atoms with Crippen LogP contribution in [-0.4, -0.2) is 31.7 Å². The molecule has 1 aromatic carbocycles. The van der Waals surface area contributed by atoms with Gasteiger partial charge in [0.25, 0.3) is 0 Å². The van der Waals surface area contributed by atoms with Crippen molar-refractivity contribution in [2.45, 2.75) is 45.3 Å². The van der Waals surface area contributed by atoms with E-state index >= 15 is 0 Å². The third-order valence-electron chi connectivity index (χ3n) is 3.57. The molecule has 0 aromatic heterocycles. The van der Waals surface area contributed by atoms with E-state index in [1.807, 2.05) is 33.0 Å². The summed E-state index contributed by atoms with van der Waals surface area (Å²) in [7, 11) is 1.82. The summed E-state index contributed by atoms with van der Waals surface area (Å²) in [5, 5.41) is 6.81. The SMILES string of the molecule is CN=C(NCCc1ccc(OC(C)C)cc1)NC1CC=CC1. The van der Waals surface area contributed by atoms with Crippen LogP contribution in [0.5, 0.6) is 5.75 Å². The molecule has 4 nitrogen and oxygen atoms in total. The smallest absolute Gasteiger partial charge is 0.191 e. The summed E-state index contributed by atoms with van der Waals surface area (Å²) >= 11 is 0. The first kappa shape index (κ1) is 16.4. The molecule has 0 aliphatic heterocycles. The molecule has 0 heterocycles. The summed E-state index contributed by atoms with van der Waals surface area (Å²) in [6.45, 7) is 4.94. The summed E-state index contributed by atoms with van der Waals surface area (Å²) in [6, 6.07) is 8.80. The van der Waals surface area contributed by atoms with Crippen molar-refractivity contribution in [3.05, 3.63) is 42.0 Å². The Labute approximate surface area is 133 Å². The lowest BCUT2D eigenvalue weighted by Crippen LogP contribution is -2.43. The highest BCUT2D eigenvalue weighted by Crippen LogP contribution is 2.14. The molecule has 0 amide bonds. The van der Waals surface area contributed by atoms with Gasteiger partial charge < -0.3 is 15.4 Å². The molecule has 2 N–H and O–H groups in total. The lowest BCUT2D eigenvalue weighted by molar-refractivity contribution is 0.242.